The van der Waals surface area contributed by atoms with E-state index in [2.05, 4.69) is 0 Å². The molecule has 0 spiro atoms. The summed E-state index contributed by atoms with van der Waals surface area (Å²) in [6, 6.07) is 5.94. The third-order valence-electron chi connectivity index (χ3n) is 5.51. The molecule has 2 saturated heterocycles. The summed E-state index contributed by atoms with van der Waals surface area (Å²) in [6.45, 7) is 2.42. The molecule has 0 atom stereocenters. The number of nitro groups is 2. The van der Waals surface area contributed by atoms with Crippen molar-refractivity contribution in [3.63, 3.8) is 0 Å². The van der Waals surface area contributed by atoms with Crippen LogP contribution in [0.2, 0.25) is 0 Å². The molecule has 1 aliphatic carbocycles. The molecule has 5 rings (SSSR count). The first-order chi connectivity index (χ1) is 16.1. The number of hydrogen-bond acceptors (Lipinski definition) is 11. The molecule has 34 heavy (non-hydrogen) atoms. The predicted octanol–water partition coefficient (Wildman–Crippen LogP) is 1.49. The molecule has 174 valence electrons. The lowest BCUT2D eigenvalue weighted by molar-refractivity contribution is -0.422. The Hall–Kier alpha value is -4.33. The van der Waals surface area contributed by atoms with E-state index < -0.39 is 53.6 Å². The van der Waals surface area contributed by atoms with E-state index in [0.29, 0.717) is 38.3 Å². The maximum absolute atomic E-state index is 13.4. The Labute approximate surface area is 191 Å². The molecule has 0 aromatic heterocycles. The Kier molecular flexibility index (Phi) is 4.65. The largest absolute Gasteiger partial charge is 0.378 e. The van der Waals surface area contributed by atoms with Gasteiger partial charge >= 0.3 is 21.5 Å². The van der Waals surface area contributed by atoms with Gasteiger partial charge in [-0.15, -0.1) is 0 Å². The third kappa shape index (κ3) is 3.44. The van der Waals surface area contributed by atoms with E-state index in [9.17, 15) is 38.2 Å². The fraction of sp³-hybridized carbons (Fsp3) is 0.200. The molecule has 0 unspecified atom stereocenters. The number of allylic oxidation sites excluding steroid dienone is 2. The fourth-order valence-electron chi connectivity index (χ4n) is 3.74. The summed E-state index contributed by atoms with van der Waals surface area (Å²) in [5, 5.41) is 22.2. The molecule has 2 fully saturated rings. The number of hydrogen-bond donors (Lipinski definition) is 0. The van der Waals surface area contributed by atoms with Gasteiger partial charge in [0.15, 0.2) is 5.75 Å². The van der Waals surface area contributed by atoms with Crippen LogP contribution in [0.3, 0.4) is 0 Å². The van der Waals surface area contributed by atoms with Crippen molar-refractivity contribution in [1.29, 1.82) is 0 Å². The van der Waals surface area contributed by atoms with Crippen molar-refractivity contribution in [2.45, 2.75) is 4.90 Å². The van der Waals surface area contributed by atoms with Crippen LogP contribution >= 0.6 is 0 Å². The maximum atomic E-state index is 13.4. The first-order valence-electron chi connectivity index (χ1n) is 9.94. The zero-order valence-corrected chi connectivity index (χ0v) is 18.0. The van der Waals surface area contributed by atoms with Gasteiger partial charge in [0, 0.05) is 43.9 Å². The highest BCUT2D eigenvalue weighted by Gasteiger charge is 2.44. The second-order valence-electron chi connectivity index (χ2n) is 7.71. The Morgan fingerprint density at radius 1 is 0.824 bits per heavy atom. The van der Waals surface area contributed by atoms with Crippen LogP contribution in [0, 0.1) is 20.2 Å². The number of carbonyl (C=O) groups is 2. The second kappa shape index (κ2) is 7.34. The molecule has 0 saturated carbocycles. The van der Waals surface area contributed by atoms with Crippen LogP contribution in [-0.2, 0) is 10.1 Å². The molecule has 2 heterocycles. The molecule has 0 bridgehead atoms. The molecule has 2 aliphatic heterocycles. The molecule has 0 radical (unpaired) electrons. The molecule has 3 aliphatic rings. The monoisotopic (exact) mass is 486 g/mol. The highest BCUT2D eigenvalue weighted by atomic mass is 32.2. The maximum Gasteiger partial charge on any atom is 0.347 e. The lowest BCUT2D eigenvalue weighted by Crippen LogP contribution is -2.30. The summed E-state index contributed by atoms with van der Waals surface area (Å²) < 4.78 is 31.0. The Morgan fingerprint density at radius 3 is 1.97 bits per heavy atom. The van der Waals surface area contributed by atoms with Gasteiger partial charge in [0.1, 0.15) is 16.3 Å². The highest BCUT2D eigenvalue weighted by Crippen LogP contribution is 2.39. The standard InChI is InChI=1S/C20H14N4O9S/c25-19-12-2-1-3-15(16(12)20(26)18(22-8-9-22)17(19)21-6-7-21)33-34(31,32)11-4-5-13(23(27)28)14(10-11)24(29)30/h1-5,10H,6-9H2. The van der Waals surface area contributed by atoms with E-state index >= 15 is 0 Å². The molecule has 14 heteroatoms. The van der Waals surface area contributed by atoms with Crippen LogP contribution in [0.25, 0.3) is 0 Å². The topological polar surface area (TPSA) is 170 Å². The minimum atomic E-state index is -4.76. The van der Waals surface area contributed by atoms with Gasteiger partial charge in [0.25, 0.3) is 0 Å². The van der Waals surface area contributed by atoms with Gasteiger partial charge in [-0.05, 0) is 18.2 Å². The summed E-state index contributed by atoms with van der Waals surface area (Å²) in [6.07, 6.45) is 0. The zero-order chi connectivity index (χ0) is 24.4. The average Bonchev–Trinajstić information content (AvgIpc) is 3.68. The minimum Gasteiger partial charge on any atom is -0.378 e. The SMILES string of the molecule is O=C1C(N2CC2)=C(N2CC2)C(=O)c2c(OS(=O)(=O)c3ccc([N+](=O)[O-])c([N+](=O)[O-])c3)cccc21. The highest BCUT2D eigenvalue weighted by molar-refractivity contribution is 7.87. The first-order valence-corrected chi connectivity index (χ1v) is 11.3. The summed E-state index contributed by atoms with van der Waals surface area (Å²) in [5.41, 5.74) is -1.70. The molecule has 0 N–H and O–H groups in total. The number of carbonyl (C=O) groups excluding carboxylic acids is 2. The Bertz CT molecular complexity index is 1460. The number of nitro benzene ring substituents is 2. The van der Waals surface area contributed by atoms with Gasteiger partial charge in [-0.25, -0.2) is 0 Å². The summed E-state index contributed by atoms with van der Waals surface area (Å²) in [4.78, 5) is 49.4. The number of rotatable bonds is 7. The van der Waals surface area contributed by atoms with Gasteiger partial charge in [-0.3, -0.25) is 29.8 Å². The molecule has 2 aromatic carbocycles. The van der Waals surface area contributed by atoms with Crippen molar-refractivity contribution in [3.8, 4) is 5.75 Å². The van der Waals surface area contributed by atoms with E-state index in [-0.39, 0.29) is 22.5 Å². The average molecular weight is 486 g/mol. The van der Waals surface area contributed by atoms with Crippen LogP contribution in [-0.4, -0.2) is 65.8 Å². The lowest BCUT2D eigenvalue weighted by Gasteiger charge is -2.24. The number of ketones is 2. The lowest BCUT2D eigenvalue weighted by atomic mass is 9.89. The van der Waals surface area contributed by atoms with Crippen LogP contribution in [0.15, 0.2) is 52.7 Å². The predicted molar refractivity (Wildman–Crippen MR) is 113 cm³/mol. The smallest absolute Gasteiger partial charge is 0.347 e. The van der Waals surface area contributed by atoms with E-state index in [1.54, 1.807) is 9.80 Å². The number of Topliss-reactive ketones (excluding diaryl/α,β-unsaturated/α-hetero) is 2. The molecular formula is C20H14N4O9S. The summed E-state index contributed by atoms with van der Waals surface area (Å²) in [5.74, 6) is -1.40. The van der Waals surface area contributed by atoms with Gasteiger partial charge in [0.05, 0.1) is 15.4 Å². The Balaban J connectivity index is 1.57. The van der Waals surface area contributed by atoms with E-state index in [1.165, 1.54) is 18.2 Å². The van der Waals surface area contributed by atoms with E-state index in [4.69, 9.17) is 4.18 Å². The normalized spacial score (nSPS) is 16.9. The quantitative estimate of drug-likeness (QED) is 0.240. The van der Waals surface area contributed by atoms with Crippen LogP contribution < -0.4 is 4.18 Å². The minimum absolute atomic E-state index is 0.0140. The van der Waals surface area contributed by atoms with Gasteiger partial charge in [-0.2, -0.15) is 8.42 Å². The fourth-order valence-corrected chi connectivity index (χ4v) is 4.71. The van der Waals surface area contributed by atoms with Crippen LogP contribution in [0.4, 0.5) is 11.4 Å². The van der Waals surface area contributed by atoms with Gasteiger partial charge in [0.2, 0.25) is 11.6 Å². The number of benzene rings is 2. The van der Waals surface area contributed by atoms with Crippen molar-refractivity contribution in [2.24, 2.45) is 0 Å². The third-order valence-corrected chi connectivity index (χ3v) is 6.74. The van der Waals surface area contributed by atoms with Crippen molar-refractivity contribution in [3.05, 3.63) is 79.1 Å². The van der Waals surface area contributed by atoms with Crippen molar-refractivity contribution in [1.82, 2.24) is 9.80 Å². The van der Waals surface area contributed by atoms with E-state index in [1.807, 2.05) is 0 Å². The number of fused-ring (bicyclic) bond motifs is 1. The molecule has 2 aromatic rings. The van der Waals surface area contributed by atoms with Crippen molar-refractivity contribution >= 4 is 33.1 Å². The molecule has 13 nitrogen and oxygen atoms in total. The second-order valence-corrected chi connectivity index (χ2v) is 9.26. The number of nitrogens with zero attached hydrogens (tertiary/aromatic N) is 4. The van der Waals surface area contributed by atoms with E-state index in [0.717, 1.165) is 6.07 Å². The van der Waals surface area contributed by atoms with Gasteiger partial charge in [-0.1, -0.05) is 6.07 Å². The Morgan fingerprint density at radius 2 is 1.41 bits per heavy atom. The summed E-state index contributed by atoms with van der Waals surface area (Å²) in [7, 11) is -4.76. The first kappa shape index (κ1) is 21.5. The zero-order valence-electron chi connectivity index (χ0n) is 17.2. The van der Waals surface area contributed by atoms with Crippen molar-refractivity contribution < 1.29 is 32.0 Å². The van der Waals surface area contributed by atoms with Crippen LogP contribution in [0.5, 0.6) is 5.75 Å². The molecular weight excluding hydrogens is 472 g/mol. The molecule has 0 amide bonds. The summed E-state index contributed by atoms with van der Waals surface area (Å²) >= 11 is 0. The van der Waals surface area contributed by atoms with Crippen LogP contribution in [0.1, 0.15) is 20.7 Å². The van der Waals surface area contributed by atoms with Gasteiger partial charge < -0.3 is 14.0 Å². The van der Waals surface area contributed by atoms with Crippen molar-refractivity contribution in [2.75, 3.05) is 26.2 Å².